The van der Waals surface area contributed by atoms with Gasteiger partial charge in [0.15, 0.2) is 17.5 Å². The zero-order valence-electron chi connectivity index (χ0n) is 33.6. The van der Waals surface area contributed by atoms with Crippen molar-refractivity contribution in [2.24, 2.45) is 0 Å². The summed E-state index contributed by atoms with van der Waals surface area (Å²) in [5.74, 6) is 0.844. The van der Waals surface area contributed by atoms with Crippen LogP contribution in [0.15, 0.2) is 164 Å². The first kappa shape index (κ1) is 19.2. The highest BCUT2D eigenvalue weighted by molar-refractivity contribution is 6.04. The fourth-order valence-corrected chi connectivity index (χ4v) is 5.70. The summed E-state index contributed by atoms with van der Waals surface area (Å²) >= 11 is 0. The third kappa shape index (κ3) is 4.93. The normalized spacial score (nSPS) is 14.3. The number of nitrogens with zero attached hydrogens (tertiary/aromatic N) is 3. The fraction of sp³-hybridized carbons (Fsp3) is 0. The minimum atomic E-state index is -0.533. The van der Waals surface area contributed by atoms with Gasteiger partial charge in [0, 0.05) is 27.6 Å². The second-order valence-electron chi connectivity index (χ2n) is 11.0. The zero-order chi connectivity index (χ0) is 39.0. The molecule has 1 aromatic heterocycles. The van der Waals surface area contributed by atoms with Gasteiger partial charge in [-0.1, -0.05) is 139 Å². The Morgan fingerprint density at radius 1 is 0.426 bits per heavy atom. The van der Waals surface area contributed by atoms with E-state index in [-0.39, 0.29) is 51.0 Å². The maximum atomic E-state index is 9.38. The molecule has 7 aromatic carbocycles. The number of hydrogen-bond acceptors (Lipinski definition) is 4. The lowest BCUT2D eigenvalue weighted by Crippen LogP contribution is -2.00. The number of ether oxygens (including phenoxy) is 1. The highest BCUT2D eigenvalue weighted by atomic mass is 16.5. The number of hydrogen-bond donors (Lipinski definition) is 0. The van der Waals surface area contributed by atoms with Crippen LogP contribution in [0, 0.1) is 0 Å². The van der Waals surface area contributed by atoms with E-state index in [9.17, 15) is 1.37 Å². The van der Waals surface area contributed by atoms with E-state index >= 15 is 0 Å². The summed E-state index contributed by atoms with van der Waals surface area (Å²) in [7, 11) is 0. The van der Waals surface area contributed by atoms with Crippen molar-refractivity contribution in [2.45, 2.75) is 0 Å². The summed E-state index contributed by atoms with van der Waals surface area (Å²) in [6.45, 7) is 0. The van der Waals surface area contributed by atoms with Gasteiger partial charge in [0.1, 0.15) is 11.5 Å². The average molecular weight is 611 g/mol. The van der Waals surface area contributed by atoms with E-state index in [1.54, 1.807) is 24.3 Å². The van der Waals surface area contributed by atoms with Crippen molar-refractivity contribution in [1.82, 2.24) is 15.0 Å². The van der Waals surface area contributed by atoms with E-state index in [0.717, 1.165) is 22.3 Å². The van der Waals surface area contributed by atoms with E-state index < -0.39 is 42.3 Å². The predicted octanol–water partition coefficient (Wildman–Crippen LogP) is 11.1. The molecule has 0 fully saturated rings. The Kier molecular flexibility index (Phi) is 4.57. The second kappa shape index (κ2) is 11.2. The number of aromatic nitrogens is 3. The molecule has 0 saturated carbocycles. The minimum Gasteiger partial charge on any atom is -0.456 e. The highest BCUT2D eigenvalue weighted by Gasteiger charge is 2.20. The molecule has 0 bridgehead atoms. The zero-order valence-corrected chi connectivity index (χ0v) is 24.6. The predicted molar refractivity (Wildman–Crippen MR) is 190 cm³/mol. The van der Waals surface area contributed by atoms with Gasteiger partial charge in [-0.2, -0.15) is 0 Å². The number of rotatable bonds is 5. The Morgan fingerprint density at radius 2 is 1.00 bits per heavy atom. The standard InChI is InChI=1S/C43H27N3O/c1-3-10-28(11-4-1)33-16-7-17-35(26-33)43-45-41(31-12-5-2-6-13-31)44-42(46-43)32-22-20-29(21-23-32)34-24-25-38-37(27-34)36-18-8-14-30-15-9-19-39(47-38)40(30)36/h1-27H/i8D,9D,14D,15D,18D,19D,24D,25D,27D. The van der Waals surface area contributed by atoms with Gasteiger partial charge >= 0.3 is 0 Å². The van der Waals surface area contributed by atoms with Gasteiger partial charge in [-0.25, -0.2) is 15.0 Å². The van der Waals surface area contributed by atoms with Crippen LogP contribution >= 0.6 is 0 Å². The molecule has 2 heterocycles. The summed E-state index contributed by atoms with van der Waals surface area (Å²) in [4.78, 5) is 14.6. The first-order valence-corrected chi connectivity index (χ1v) is 15.0. The van der Waals surface area contributed by atoms with Crippen molar-refractivity contribution in [3.05, 3.63) is 164 Å². The Bertz CT molecular complexity index is 2920. The Labute approximate surface area is 285 Å². The van der Waals surface area contributed by atoms with Crippen molar-refractivity contribution in [1.29, 1.82) is 0 Å². The van der Waals surface area contributed by atoms with Crippen LogP contribution in [-0.2, 0) is 0 Å². The van der Waals surface area contributed by atoms with Crippen LogP contribution in [0.4, 0.5) is 0 Å². The van der Waals surface area contributed by atoms with Crippen molar-refractivity contribution < 1.29 is 17.1 Å². The number of benzene rings is 7. The van der Waals surface area contributed by atoms with E-state index in [4.69, 9.17) is 30.7 Å². The van der Waals surface area contributed by atoms with E-state index in [1.807, 2.05) is 84.9 Å². The molecular formula is C43H27N3O. The van der Waals surface area contributed by atoms with Crippen LogP contribution in [0.5, 0.6) is 11.5 Å². The third-order valence-corrected chi connectivity index (χ3v) is 8.02. The highest BCUT2D eigenvalue weighted by Crippen LogP contribution is 2.47. The fourth-order valence-electron chi connectivity index (χ4n) is 5.70. The summed E-state index contributed by atoms with van der Waals surface area (Å²) in [5, 5.41) is -0.150. The van der Waals surface area contributed by atoms with E-state index in [1.165, 1.54) is 0 Å². The molecule has 9 rings (SSSR count). The molecule has 47 heavy (non-hydrogen) atoms. The summed E-state index contributed by atoms with van der Waals surface area (Å²) in [5.41, 5.74) is 4.68. The number of fused-ring (bicyclic) bond motifs is 2. The molecule has 0 amide bonds. The molecule has 4 nitrogen and oxygen atoms in total. The van der Waals surface area contributed by atoms with Crippen LogP contribution in [0.1, 0.15) is 12.3 Å². The van der Waals surface area contributed by atoms with Gasteiger partial charge < -0.3 is 4.74 Å². The molecule has 1 aliphatic heterocycles. The molecule has 0 aliphatic carbocycles. The molecule has 8 aromatic rings. The van der Waals surface area contributed by atoms with Crippen molar-refractivity contribution >= 4 is 10.8 Å². The van der Waals surface area contributed by atoms with Crippen LogP contribution in [0.2, 0.25) is 0 Å². The lowest BCUT2D eigenvalue weighted by atomic mass is 9.92. The summed E-state index contributed by atoms with van der Waals surface area (Å²) < 4.78 is 84.6. The van der Waals surface area contributed by atoms with Gasteiger partial charge in [0.25, 0.3) is 0 Å². The minimum absolute atomic E-state index is 0.00408. The lowest BCUT2D eigenvalue weighted by Gasteiger charge is -2.22. The molecule has 0 unspecified atom stereocenters. The maximum absolute atomic E-state index is 9.38. The SMILES string of the molecule is [2H]c1c([2H])c(-c2ccc(-c3nc(-c4ccccc4)nc(-c4cccc(-c5ccccc5)c4)n3)cc2)c([2H])c2c1Oc1c([2H])c([2H])c([2H])c3c([2H])c([2H])c([2H])c-2c13. The maximum Gasteiger partial charge on any atom is 0.164 e. The molecular weight excluding hydrogens is 574 g/mol. The molecule has 0 saturated heterocycles. The Balaban J connectivity index is 1.19. The monoisotopic (exact) mass is 610 g/mol. The Hall–Kier alpha value is -6.39. The van der Waals surface area contributed by atoms with E-state index in [0.29, 0.717) is 28.6 Å². The average Bonchev–Trinajstić information content (AvgIpc) is 3.24. The molecule has 0 spiro atoms. The van der Waals surface area contributed by atoms with E-state index in [2.05, 4.69) is 0 Å². The lowest BCUT2D eigenvalue weighted by molar-refractivity contribution is 0.487. The molecule has 0 radical (unpaired) electrons. The first-order valence-electron chi connectivity index (χ1n) is 19.5. The van der Waals surface area contributed by atoms with Crippen molar-refractivity contribution in [3.63, 3.8) is 0 Å². The van der Waals surface area contributed by atoms with Crippen molar-refractivity contribution in [2.75, 3.05) is 0 Å². The molecule has 1 aliphatic rings. The topological polar surface area (TPSA) is 47.9 Å². The smallest absolute Gasteiger partial charge is 0.164 e. The van der Waals surface area contributed by atoms with Crippen LogP contribution in [-0.4, -0.2) is 15.0 Å². The summed E-state index contributed by atoms with van der Waals surface area (Å²) in [6.07, 6.45) is 0. The van der Waals surface area contributed by atoms with Gasteiger partial charge in [-0.05, 0) is 57.4 Å². The van der Waals surface area contributed by atoms with Gasteiger partial charge in [-0.15, -0.1) is 0 Å². The quantitative estimate of drug-likeness (QED) is 0.194. The summed E-state index contributed by atoms with van der Waals surface area (Å²) in [6, 6.07) is 30.6. The van der Waals surface area contributed by atoms with Crippen LogP contribution in [0.25, 0.3) is 78.3 Å². The first-order chi connectivity index (χ1) is 27.0. The van der Waals surface area contributed by atoms with Crippen LogP contribution < -0.4 is 4.74 Å². The van der Waals surface area contributed by atoms with Crippen LogP contribution in [0.3, 0.4) is 0 Å². The van der Waals surface area contributed by atoms with Crippen molar-refractivity contribution in [3.8, 4) is 79.0 Å². The largest absolute Gasteiger partial charge is 0.456 e. The molecule has 4 heteroatoms. The van der Waals surface area contributed by atoms with Gasteiger partial charge in [0.05, 0.1) is 12.3 Å². The third-order valence-electron chi connectivity index (χ3n) is 8.02. The Morgan fingerprint density at radius 3 is 1.74 bits per heavy atom. The van der Waals surface area contributed by atoms with Gasteiger partial charge in [0.2, 0.25) is 0 Å². The second-order valence-corrected chi connectivity index (χ2v) is 11.0. The van der Waals surface area contributed by atoms with Gasteiger partial charge in [-0.3, -0.25) is 0 Å². The molecule has 0 atom stereocenters. The molecule has 0 N–H and O–H groups in total. The molecule has 220 valence electrons.